The number of rotatable bonds is 6. The number of nitro groups is 1. The number of nitrogens with one attached hydrogen (secondary N) is 1. The molecule has 0 bridgehead atoms. The van der Waals surface area contributed by atoms with Gasteiger partial charge in [-0.3, -0.25) is 14.8 Å². The van der Waals surface area contributed by atoms with E-state index in [1.165, 1.54) is 24.3 Å². The number of nitro benzene ring substituents is 1. The Morgan fingerprint density at radius 3 is 2.14 bits per heavy atom. The molecule has 2 rings (SSSR count). The van der Waals surface area contributed by atoms with Gasteiger partial charge in [-0.25, -0.2) is 8.42 Å². The molecule has 2 aromatic rings. The van der Waals surface area contributed by atoms with E-state index in [0.717, 1.165) is 18.4 Å². The van der Waals surface area contributed by atoms with E-state index in [9.17, 15) is 18.5 Å². The third-order valence-corrected chi connectivity index (χ3v) is 4.50. The van der Waals surface area contributed by atoms with E-state index < -0.39 is 14.9 Å². The first kappa shape index (κ1) is 16.0. The van der Waals surface area contributed by atoms with Gasteiger partial charge in [0.15, 0.2) is 0 Å². The first-order valence-electron chi connectivity index (χ1n) is 6.78. The van der Waals surface area contributed by atoms with E-state index in [-0.39, 0.29) is 10.6 Å². The van der Waals surface area contributed by atoms with Crippen molar-refractivity contribution < 1.29 is 13.3 Å². The lowest BCUT2D eigenvalue weighted by molar-refractivity contribution is -0.384. The van der Waals surface area contributed by atoms with Gasteiger partial charge in [-0.05, 0) is 36.2 Å². The molecule has 0 heterocycles. The molecule has 0 fully saturated rings. The summed E-state index contributed by atoms with van der Waals surface area (Å²) in [4.78, 5) is 9.99. The number of benzene rings is 2. The van der Waals surface area contributed by atoms with Crippen LogP contribution in [0.5, 0.6) is 0 Å². The third-order valence-electron chi connectivity index (χ3n) is 3.10. The van der Waals surface area contributed by atoms with E-state index in [4.69, 9.17) is 0 Å². The number of non-ortho nitro benzene ring substituents is 1. The Labute approximate surface area is 129 Å². The average Bonchev–Trinajstić information content (AvgIpc) is 2.49. The molecule has 0 aliphatic carbocycles. The van der Waals surface area contributed by atoms with Gasteiger partial charge >= 0.3 is 0 Å². The SMILES string of the molecule is CCCc1ccc(NS(=O)(=O)c2ccc([N+](=O)[O-])cc2)cc1. The maximum Gasteiger partial charge on any atom is 0.269 e. The zero-order valence-electron chi connectivity index (χ0n) is 12.0. The first-order chi connectivity index (χ1) is 10.4. The topological polar surface area (TPSA) is 89.3 Å². The lowest BCUT2D eigenvalue weighted by Crippen LogP contribution is -2.12. The van der Waals surface area contributed by atoms with Gasteiger partial charge in [0.05, 0.1) is 9.82 Å². The number of aryl methyl sites for hydroxylation is 1. The summed E-state index contributed by atoms with van der Waals surface area (Å²) in [6.07, 6.45) is 1.96. The molecule has 6 nitrogen and oxygen atoms in total. The predicted octanol–water partition coefficient (Wildman–Crippen LogP) is 3.35. The molecule has 0 spiro atoms. The van der Waals surface area contributed by atoms with E-state index in [1.807, 2.05) is 12.1 Å². The summed E-state index contributed by atoms with van der Waals surface area (Å²) in [5.74, 6) is 0. The van der Waals surface area contributed by atoms with Gasteiger partial charge in [0.25, 0.3) is 15.7 Å². The summed E-state index contributed by atoms with van der Waals surface area (Å²) >= 11 is 0. The summed E-state index contributed by atoms with van der Waals surface area (Å²) in [6, 6.07) is 11.9. The Morgan fingerprint density at radius 1 is 1.05 bits per heavy atom. The standard InChI is InChI=1S/C15H16N2O4S/c1-2-3-12-4-6-13(7-5-12)16-22(20,21)15-10-8-14(9-11-15)17(18)19/h4-11,16H,2-3H2,1H3. The molecule has 0 aromatic heterocycles. The Morgan fingerprint density at radius 2 is 1.64 bits per heavy atom. The summed E-state index contributed by atoms with van der Waals surface area (Å²) in [6.45, 7) is 2.07. The van der Waals surface area contributed by atoms with Crippen LogP contribution in [-0.2, 0) is 16.4 Å². The highest BCUT2D eigenvalue weighted by atomic mass is 32.2. The fraction of sp³-hybridized carbons (Fsp3) is 0.200. The van der Waals surface area contributed by atoms with Gasteiger partial charge in [0.2, 0.25) is 0 Å². The molecule has 0 aliphatic heterocycles. The molecule has 22 heavy (non-hydrogen) atoms. The van der Waals surface area contributed by atoms with Crippen LogP contribution in [0.1, 0.15) is 18.9 Å². The van der Waals surface area contributed by atoms with Crippen LogP contribution in [0.4, 0.5) is 11.4 Å². The highest BCUT2D eigenvalue weighted by Gasteiger charge is 2.15. The van der Waals surface area contributed by atoms with Gasteiger partial charge in [-0.15, -0.1) is 0 Å². The Balaban J connectivity index is 2.18. The van der Waals surface area contributed by atoms with Crippen LogP contribution in [-0.4, -0.2) is 13.3 Å². The zero-order chi connectivity index (χ0) is 16.2. The second-order valence-electron chi connectivity index (χ2n) is 4.80. The second-order valence-corrected chi connectivity index (χ2v) is 6.49. The smallest absolute Gasteiger partial charge is 0.269 e. The molecule has 0 atom stereocenters. The van der Waals surface area contributed by atoms with Crippen LogP contribution >= 0.6 is 0 Å². The van der Waals surface area contributed by atoms with E-state index in [0.29, 0.717) is 5.69 Å². The van der Waals surface area contributed by atoms with Crippen LogP contribution in [0.25, 0.3) is 0 Å². The van der Waals surface area contributed by atoms with Crippen molar-refractivity contribution in [3.05, 3.63) is 64.2 Å². The normalized spacial score (nSPS) is 11.1. The van der Waals surface area contributed by atoms with Crippen LogP contribution in [0.15, 0.2) is 53.4 Å². The molecule has 0 unspecified atom stereocenters. The Kier molecular flexibility index (Phi) is 4.77. The quantitative estimate of drug-likeness (QED) is 0.653. The first-order valence-corrected chi connectivity index (χ1v) is 8.27. The predicted molar refractivity (Wildman–Crippen MR) is 84.3 cm³/mol. The van der Waals surface area contributed by atoms with Crippen LogP contribution < -0.4 is 4.72 Å². The minimum atomic E-state index is -3.75. The van der Waals surface area contributed by atoms with Crippen LogP contribution in [0.2, 0.25) is 0 Å². The average molecular weight is 320 g/mol. The third kappa shape index (κ3) is 3.82. The minimum Gasteiger partial charge on any atom is -0.280 e. The van der Waals surface area contributed by atoms with Crippen molar-refractivity contribution in [2.24, 2.45) is 0 Å². The minimum absolute atomic E-state index is 0.0178. The molecule has 0 aliphatic rings. The Hall–Kier alpha value is -2.41. The largest absolute Gasteiger partial charge is 0.280 e. The number of hydrogen-bond acceptors (Lipinski definition) is 4. The molecular weight excluding hydrogens is 304 g/mol. The monoisotopic (exact) mass is 320 g/mol. The summed E-state index contributed by atoms with van der Waals surface area (Å²) < 4.78 is 26.9. The van der Waals surface area contributed by atoms with Crippen molar-refractivity contribution in [3.63, 3.8) is 0 Å². The fourth-order valence-electron chi connectivity index (χ4n) is 1.99. The van der Waals surface area contributed by atoms with Gasteiger partial charge in [0.1, 0.15) is 0 Å². The summed E-state index contributed by atoms with van der Waals surface area (Å²) in [5.41, 5.74) is 1.45. The van der Waals surface area contributed by atoms with E-state index in [2.05, 4.69) is 11.6 Å². The summed E-state index contributed by atoms with van der Waals surface area (Å²) in [7, 11) is -3.75. The van der Waals surface area contributed by atoms with Crippen LogP contribution in [0.3, 0.4) is 0 Å². The number of hydrogen-bond donors (Lipinski definition) is 1. The molecular formula is C15H16N2O4S. The van der Waals surface area contributed by atoms with E-state index in [1.54, 1.807) is 12.1 Å². The maximum atomic E-state index is 12.2. The number of nitrogens with zero attached hydrogens (tertiary/aromatic N) is 1. The van der Waals surface area contributed by atoms with Crippen LogP contribution in [0, 0.1) is 10.1 Å². The molecule has 116 valence electrons. The van der Waals surface area contributed by atoms with Crippen molar-refractivity contribution in [2.75, 3.05) is 4.72 Å². The highest BCUT2D eigenvalue weighted by Crippen LogP contribution is 2.19. The van der Waals surface area contributed by atoms with Gasteiger partial charge < -0.3 is 0 Å². The van der Waals surface area contributed by atoms with Gasteiger partial charge in [-0.1, -0.05) is 25.5 Å². The molecule has 1 N–H and O–H groups in total. The van der Waals surface area contributed by atoms with Crippen molar-refractivity contribution >= 4 is 21.4 Å². The molecule has 0 saturated heterocycles. The van der Waals surface area contributed by atoms with Crippen molar-refractivity contribution in [3.8, 4) is 0 Å². The van der Waals surface area contributed by atoms with Crippen molar-refractivity contribution in [1.82, 2.24) is 0 Å². The fourth-order valence-corrected chi connectivity index (χ4v) is 3.05. The maximum absolute atomic E-state index is 12.2. The lowest BCUT2D eigenvalue weighted by atomic mass is 10.1. The molecule has 0 amide bonds. The summed E-state index contributed by atoms with van der Waals surface area (Å²) in [5, 5.41) is 10.6. The number of anilines is 1. The Bertz CT molecular complexity index is 753. The van der Waals surface area contributed by atoms with Crippen molar-refractivity contribution in [2.45, 2.75) is 24.7 Å². The molecule has 2 aromatic carbocycles. The molecule has 0 radical (unpaired) electrons. The molecule has 0 saturated carbocycles. The van der Waals surface area contributed by atoms with Gasteiger partial charge in [-0.2, -0.15) is 0 Å². The second kappa shape index (κ2) is 6.57. The van der Waals surface area contributed by atoms with Crippen molar-refractivity contribution in [1.29, 1.82) is 0 Å². The van der Waals surface area contributed by atoms with E-state index >= 15 is 0 Å². The lowest BCUT2D eigenvalue weighted by Gasteiger charge is -2.08. The zero-order valence-corrected chi connectivity index (χ0v) is 12.8. The number of sulfonamides is 1. The van der Waals surface area contributed by atoms with Gasteiger partial charge in [0, 0.05) is 17.8 Å². The highest BCUT2D eigenvalue weighted by molar-refractivity contribution is 7.92. The molecule has 7 heteroatoms.